The van der Waals surface area contributed by atoms with E-state index in [2.05, 4.69) is 27.8 Å². The molecule has 3 heterocycles. The minimum atomic E-state index is -1.02. The number of carbonyl (C=O) groups is 2. The Morgan fingerprint density at radius 3 is 2.85 bits per heavy atom. The Morgan fingerprint density at radius 1 is 1.18 bits per heavy atom. The van der Waals surface area contributed by atoms with Crippen molar-refractivity contribution in [2.24, 2.45) is 0 Å². The largest absolute Gasteiger partial charge is 0.481 e. The molecule has 0 aliphatic carbocycles. The Kier molecular flexibility index (Phi) is 8.01. The summed E-state index contributed by atoms with van der Waals surface area (Å²) in [5.74, 6) is 0.0915. The van der Waals surface area contributed by atoms with Gasteiger partial charge in [0.1, 0.15) is 18.1 Å². The molecule has 1 amide bonds. The van der Waals surface area contributed by atoms with Gasteiger partial charge >= 0.3 is 5.97 Å². The topological polar surface area (TPSA) is 110 Å². The molecule has 180 valence electrons. The number of aromatic nitrogens is 1. The summed E-state index contributed by atoms with van der Waals surface area (Å²) in [7, 11) is 0. The summed E-state index contributed by atoms with van der Waals surface area (Å²) in [5, 5.41) is 15.4. The summed E-state index contributed by atoms with van der Waals surface area (Å²) in [4.78, 5) is 28.6. The number of amides is 1. The fourth-order valence-corrected chi connectivity index (χ4v) is 4.17. The van der Waals surface area contributed by atoms with Crippen LogP contribution in [0.3, 0.4) is 0 Å². The van der Waals surface area contributed by atoms with Gasteiger partial charge in [0.05, 0.1) is 6.42 Å². The molecule has 8 nitrogen and oxygen atoms in total. The second kappa shape index (κ2) is 11.5. The SMILES string of the molecule is O=C(O)C[C@H](NC(=O)CCCCc1ccc2c(n1)NCCC2)C1=COC(Cc2ccccc2)O1. The predicted octanol–water partition coefficient (Wildman–Crippen LogP) is 3.57. The normalized spacial score (nSPS) is 17.4. The van der Waals surface area contributed by atoms with Crippen LogP contribution >= 0.6 is 0 Å². The van der Waals surface area contributed by atoms with Gasteiger partial charge in [0.2, 0.25) is 12.2 Å². The number of carboxylic acid groups (broad SMARTS) is 1. The minimum absolute atomic E-state index is 0.206. The van der Waals surface area contributed by atoms with Crippen LogP contribution in [0.25, 0.3) is 0 Å². The van der Waals surface area contributed by atoms with Crippen molar-refractivity contribution in [1.29, 1.82) is 0 Å². The number of aryl methyl sites for hydroxylation is 2. The van der Waals surface area contributed by atoms with Gasteiger partial charge in [-0.25, -0.2) is 4.98 Å². The number of hydrogen-bond acceptors (Lipinski definition) is 6. The number of benzene rings is 1. The van der Waals surface area contributed by atoms with Crippen LogP contribution in [-0.4, -0.2) is 40.8 Å². The van der Waals surface area contributed by atoms with Gasteiger partial charge in [0, 0.05) is 25.1 Å². The van der Waals surface area contributed by atoms with Crippen molar-refractivity contribution in [1.82, 2.24) is 10.3 Å². The second-order valence-electron chi connectivity index (χ2n) is 8.66. The van der Waals surface area contributed by atoms with Crippen molar-refractivity contribution < 1.29 is 24.2 Å². The summed E-state index contributed by atoms with van der Waals surface area (Å²) in [6.45, 7) is 0.958. The number of hydrogen-bond donors (Lipinski definition) is 3. The zero-order valence-electron chi connectivity index (χ0n) is 19.2. The van der Waals surface area contributed by atoms with Crippen LogP contribution < -0.4 is 10.6 Å². The minimum Gasteiger partial charge on any atom is -0.481 e. The van der Waals surface area contributed by atoms with Gasteiger partial charge in [-0.1, -0.05) is 36.4 Å². The third kappa shape index (κ3) is 6.73. The van der Waals surface area contributed by atoms with Crippen molar-refractivity contribution in [2.45, 2.75) is 63.7 Å². The predicted molar refractivity (Wildman–Crippen MR) is 127 cm³/mol. The van der Waals surface area contributed by atoms with Crippen molar-refractivity contribution in [2.75, 3.05) is 11.9 Å². The molecular weight excluding hydrogens is 434 g/mol. The van der Waals surface area contributed by atoms with Crippen molar-refractivity contribution in [3.8, 4) is 0 Å². The average molecular weight is 466 g/mol. The van der Waals surface area contributed by atoms with E-state index in [1.54, 1.807) is 0 Å². The van der Waals surface area contributed by atoms with Gasteiger partial charge in [-0.05, 0) is 49.3 Å². The van der Waals surface area contributed by atoms with E-state index in [4.69, 9.17) is 9.47 Å². The number of nitrogens with zero attached hydrogens (tertiary/aromatic N) is 1. The highest BCUT2D eigenvalue weighted by atomic mass is 16.7. The van der Waals surface area contributed by atoms with E-state index in [1.165, 1.54) is 11.8 Å². The van der Waals surface area contributed by atoms with Gasteiger partial charge in [0.25, 0.3) is 0 Å². The molecule has 34 heavy (non-hydrogen) atoms. The molecule has 2 aliphatic rings. The Hall–Kier alpha value is -3.55. The Morgan fingerprint density at radius 2 is 2.03 bits per heavy atom. The first kappa shape index (κ1) is 23.6. The molecular formula is C26H31N3O5. The smallest absolute Gasteiger partial charge is 0.305 e. The molecule has 0 saturated carbocycles. The molecule has 4 rings (SSSR count). The lowest BCUT2D eigenvalue weighted by Crippen LogP contribution is -2.38. The Balaban J connectivity index is 1.22. The summed E-state index contributed by atoms with van der Waals surface area (Å²) >= 11 is 0. The molecule has 1 aromatic heterocycles. The fourth-order valence-electron chi connectivity index (χ4n) is 4.17. The molecule has 2 aliphatic heterocycles. The maximum Gasteiger partial charge on any atom is 0.305 e. The number of fused-ring (bicyclic) bond motifs is 1. The lowest BCUT2D eigenvalue weighted by molar-refractivity contribution is -0.138. The maximum atomic E-state index is 12.5. The van der Waals surface area contributed by atoms with Gasteiger partial charge < -0.3 is 25.2 Å². The molecule has 2 atom stereocenters. The number of unbranched alkanes of at least 4 members (excludes halogenated alkanes) is 1. The number of ether oxygens (including phenoxy) is 2. The van der Waals surface area contributed by atoms with E-state index >= 15 is 0 Å². The van der Waals surface area contributed by atoms with E-state index in [9.17, 15) is 14.7 Å². The number of carboxylic acids is 1. The Bertz CT molecular complexity index is 1020. The first-order valence-electron chi connectivity index (χ1n) is 11.9. The molecule has 1 unspecified atom stereocenters. The van der Waals surface area contributed by atoms with E-state index in [1.807, 2.05) is 30.3 Å². The fraction of sp³-hybridized carbons (Fsp3) is 0.423. The summed E-state index contributed by atoms with van der Waals surface area (Å²) in [6.07, 6.45) is 5.94. The van der Waals surface area contributed by atoms with E-state index in [0.717, 1.165) is 49.3 Å². The number of anilines is 1. The molecule has 1 aromatic carbocycles. The van der Waals surface area contributed by atoms with Crippen LogP contribution in [0, 0.1) is 0 Å². The van der Waals surface area contributed by atoms with Gasteiger partial charge in [-0.15, -0.1) is 0 Å². The highest BCUT2D eigenvalue weighted by molar-refractivity contribution is 5.78. The standard InChI is InChI=1S/C26H31N3O5/c30-23(11-5-4-10-20-13-12-19-9-6-14-27-26(19)28-20)29-21(16-24(31)32)22-17-33-25(34-22)15-18-7-2-1-3-8-18/h1-3,7-8,12-13,17,21,25H,4-6,9-11,14-16H2,(H,27,28)(H,29,30)(H,31,32)/t21-,25?/m0/s1. The summed E-state index contributed by atoms with van der Waals surface area (Å²) < 4.78 is 11.4. The number of pyridine rings is 1. The monoisotopic (exact) mass is 465 g/mol. The van der Waals surface area contributed by atoms with E-state index < -0.39 is 18.3 Å². The van der Waals surface area contributed by atoms with E-state index in [-0.39, 0.29) is 12.3 Å². The molecule has 0 bridgehead atoms. The van der Waals surface area contributed by atoms with Gasteiger partial charge in [-0.3, -0.25) is 9.59 Å². The summed E-state index contributed by atoms with van der Waals surface area (Å²) in [6, 6.07) is 13.2. The molecule has 2 aromatic rings. The lowest BCUT2D eigenvalue weighted by atomic mass is 10.1. The molecule has 0 fully saturated rings. The van der Waals surface area contributed by atoms with Crippen LogP contribution in [0.4, 0.5) is 5.82 Å². The maximum absolute atomic E-state index is 12.5. The van der Waals surface area contributed by atoms with Crippen LogP contribution in [-0.2, 0) is 38.3 Å². The van der Waals surface area contributed by atoms with Crippen LogP contribution in [0.2, 0.25) is 0 Å². The van der Waals surface area contributed by atoms with E-state index in [0.29, 0.717) is 25.0 Å². The molecule has 0 spiro atoms. The number of rotatable bonds is 11. The third-order valence-corrected chi connectivity index (χ3v) is 5.94. The first-order valence-corrected chi connectivity index (χ1v) is 11.9. The third-order valence-electron chi connectivity index (χ3n) is 5.94. The van der Waals surface area contributed by atoms with Gasteiger partial charge in [0.15, 0.2) is 5.76 Å². The lowest BCUT2D eigenvalue weighted by Gasteiger charge is -2.19. The molecule has 0 saturated heterocycles. The quantitative estimate of drug-likeness (QED) is 0.435. The van der Waals surface area contributed by atoms with Crippen molar-refractivity contribution >= 4 is 17.7 Å². The first-order chi connectivity index (χ1) is 16.6. The zero-order valence-corrected chi connectivity index (χ0v) is 19.2. The average Bonchev–Trinajstić information content (AvgIpc) is 3.30. The molecule has 3 N–H and O–H groups in total. The van der Waals surface area contributed by atoms with Crippen molar-refractivity contribution in [3.05, 3.63) is 71.3 Å². The van der Waals surface area contributed by atoms with Crippen LogP contribution in [0.5, 0.6) is 0 Å². The Labute approximate surface area is 199 Å². The number of carbonyl (C=O) groups excluding carboxylic acids is 1. The summed E-state index contributed by atoms with van der Waals surface area (Å²) in [5.41, 5.74) is 3.32. The highest BCUT2D eigenvalue weighted by Crippen LogP contribution is 2.23. The van der Waals surface area contributed by atoms with Crippen LogP contribution in [0.1, 0.15) is 48.9 Å². The number of nitrogens with one attached hydrogen (secondary N) is 2. The zero-order chi connectivity index (χ0) is 23.8. The molecule has 8 heteroatoms. The molecule has 0 radical (unpaired) electrons. The number of aliphatic carboxylic acids is 1. The van der Waals surface area contributed by atoms with Crippen LogP contribution in [0.15, 0.2) is 54.5 Å². The van der Waals surface area contributed by atoms with Gasteiger partial charge in [-0.2, -0.15) is 0 Å². The highest BCUT2D eigenvalue weighted by Gasteiger charge is 2.29. The second-order valence-corrected chi connectivity index (χ2v) is 8.66. The van der Waals surface area contributed by atoms with Crippen molar-refractivity contribution in [3.63, 3.8) is 0 Å².